The van der Waals surface area contributed by atoms with E-state index in [9.17, 15) is 10.0 Å². The zero-order valence-corrected chi connectivity index (χ0v) is 18.3. The molecule has 0 aliphatic heterocycles. The summed E-state index contributed by atoms with van der Waals surface area (Å²) in [7, 11) is 4.14. The summed E-state index contributed by atoms with van der Waals surface area (Å²) in [5, 5.41) is 13.5. The maximum absolute atomic E-state index is 12.1. The summed E-state index contributed by atoms with van der Waals surface area (Å²) in [6.07, 6.45) is 8.61. The van der Waals surface area contributed by atoms with E-state index in [0.29, 0.717) is 24.2 Å². The molecule has 0 bridgehead atoms. The molecule has 4 aliphatic rings. The minimum atomic E-state index is -0.0416. The van der Waals surface area contributed by atoms with E-state index in [2.05, 4.69) is 55.3 Å². The van der Waals surface area contributed by atoms with Gasteiger partial charge in [-0.25, -0.2) is 0 Å². The number of hydrogen-bond acceptors (Lipinski definition) is 4. The van der Waals surface area contributed by atoms with Gasteiger partial charge in [0, 0.05) is 37.5 Å². The van der Waals surface area contributed by atoms with Crippen LogP contribution in [0.1, 0.15) is 63.4 Å². The molecule has 30 heavy (non-hydrogen) atoms. The van der Waals surface area contributed by atoms with Crippen LogP contribution >= 0.6 is 0 Å². The number of nitrogens with zero attached hydrogens (tertiary/aromatic N) is 2. The third kappa shape index (κ3) is 2.87. The first kappa shape index (κ1) is 19.6. The van der Waals surface area contributed by atoms with Crippen LogP contribution in [0.2, 0.25) is 0 Å². The lowest BCUT2D eigenvalue weighted by Crippen LogP contribution is -2.43. The van der Waals surface area contributed by atoms with Crippen LogP contribution in [-0.2, 0) is 4.79 Å². The maximum atomic E-state index is 12.1. The molecule has 0 heterocycles. The molecule has 158 valence electrons. The number of rotatable bonds is 2. The van der Waals surface area contributed by atoms with Crippen molar-refractivity contribution in [2.24, 2.45) is 22.4 Å². The molecule has 1 N–H and O–H groups in total. The van der Waals surface area contributed by atoms with Crippen LogP contribution in [0.4, 0.5) is 5.69 Å². The third-order valence-corrected chi connectivity index (χ3v) is 8.41. The van der Waals surface area contributed by atoms with E-state index < -0.39 is 0 Å². The van der Waals surface area contributed by atoms with Crippen molar-refractivity contribution in [1.82, 2.24) is 0 Å². The van der Waals surface area contributed by atoms with Gasteiger partial charge in [-0.05, 0) is 85.3 Å². The fourth-order valence-corrected chi connectivity index (χ4v) is 6.92. The van der Waals surface area contributed by atoms with Crippen molar-refractivity contribution < 1.29 is 10.0 Å². The van der Waals surface area contributed by atoms with Gasteiger partial charge < -0.3 is 10.1 Å². The Labute approximate surface area is 179 Å². The van der Waals surface area contributed by atoms with Crippen molar-refractivity contribution in [2.45, 2.75) is 57.8 Å². The van der Waals surface area contributed by atoms with Crippen molar-refractivity contribution in [3.05, 3.63) is 52.6 Å². The van der Waals surface area contributed by atoms with E-state index in [0.717, 1.165) is 44.2 Å². The molecule has 0 amide bonds. The highest BCUT2D eigenvalue weighted by Gasteiger charge is 2.55. The summed E-state index contributed by atoms with van der Waals surface area (Å²) in [6.45, 7) is 2.33. The molecule has 4 atom stereocenters. The number of carbonyl (C=O) groups excluding carboxylic acids is 1. The van der Waals surface area contributed by atoms with Crippen LogP contribution in [0.15, 0.2) is 52.2 Å². The molecule has 2 fully saturated rings. The second kappa shape index (κ2) is 7.11. The minimum absolute atomic E-state index is 0.0416. The van der Waals surface area contributed by atoms with Gasteiger partial charge in [-0.15, -0.1) is 0 Å². The fourth-order valence-electron chi connectivity index (χ4n) is 6.92. The number of anilines is 1. The van der Waals surface area contributed by atoms with Crippen LogP contribution in [0, 0.1) is 17.3 Å². The van der Waals surface area contributed by atoms with Gasteiger partial charge in [0.1, 0.15) is 0 Å². The third-order valence-electron chi connectivity index (χ3n) is 8.41. The lowest BCUT2D eigenvalue weighted by Gasteiger charge is -2.50. The van der Waals surface area contributed by atoms with Gasteiger partial charge in [-0.2, -0.15) is 0 Å². The summed E-state index contributed by atoms with van der Waals surface area (Å²) in [6, 6.07) is 8.99. The molecule has 4 nitrogen and oxygen atoms in total. The lowest BCUT2D eigenvalue weighted by atomic mass is 9.53. The van der Waals surface area contributed by atoms with Gasteiger partial charge in [0.25, 0.3) is 0 Å². The Morgan fingerprint density at radius 1 is 1.07 bits per heavy atom. The Balaban J connectivity index is 1.66. The number of allylic oxidation sites excluding steroid dienone is 4. The number of oxime groups is 1. The highest BCUT2D eigenvalue weighted by Crippen LogP contribution is 2.62. The van der Waals surface area contributed by atoms with E-state index in [-0.39, 0.29) is 11.2 Å². The van der Waals surface area contributed by atoms with Crippen LogP contribution in [-0.4, -0.2) is 30.8 Å². The van der Waals surface area contributed by atoms with Gasteiger partial charge in [0.15, 0.2) is 5.78 Å². The molecule has 0 radical (unpaired) electrons. The summed E-state index contributed by atoms with van der Waals surface area (Å²) in [4.78, 5) is 14.2. The van der Waals surface area contributed by atoms with Crippen molar-refractivity contribution in [1.29, 1.82) is 0 Å². The smallest absolute Gasteiger partial charge is 0.156 e. The minimum Gasteiger partial charge on any atom is -0.411 e. The van der Waals surface area contributed by atoms with E-state index in [1.165, 1.54) is 22.4 Å². The zero-order chi connectivity index (χ0) is 21.0. The summed E-state index contributed by atoms with van der Waals surface area (Å²) in [5.74, 6) is 1.69. The molecular weight excluding hydrogens is 372 g/mol. The number of fused-ring (bicyclic) bond motifs is 4. The summed E-state index contributed by atoms with van der Waals surface area (Å²) < 4.78 is 0. The molecular formula is C26H32N2O2. The molecule has 0 unspecified atom stereocenters. The first-order chi connectivity index (χ1) is 14.4. The van der Waals surface area contributed by atoms with Crippen LogP contribution in [0.3, 0.4) is 0 Å². The summed E-state index contributed by atoms with van der Waals surface area (Å²) >= 11 is 0. The average molecular weight is 405 g/mol. The Hall–Kier alpha value is -2.36. The normalized spacial score (nSPS) is 34.4. The van der Waals surface area contributed by atoms with Crippen LogP contribution in [0.5, 0.6) is 0 Å². The number of benzene rings is 1. The van der Waals surface area contributed by atoms with Gasteiger partial charge in [-0.3, -0.25) is 4.79 Å². The first-order valence-electron chi connectivity index (χ1n) is 11.4. The number of carbonyl (C=O) groups is 1. The van der Waals surface area contributed by atoms with E-state index in [4.69, 9.17) is 0 Å². The average Bonchev–Trinajstić information content (AvgIpc) is 3.08. The molecule has 1 aromatic rings. The van der Waals surface area contributed by atoms with E-state index in [1.54, 1.807) is 5.57 Å². The van der Waals surface area contributed by atoms with Gasteiger partial charge in [0.2, 0.25) is 0 Å². The van der Waals surface area contributed by atoms with Crippen molar-refractivity contribution in [3.63, 3.8) is 0 Å². The predicted octanol–water partition coefficient (Wildman–Crippen LogP) is 5.48. The highest BCUT2D eigenvalue weighted by atomic mass is 16.4. The monoisotopic (exact) mass is 404 g/mol. The molecule has 0 aromatic heterocycles. The highest BCUT2D eigenvalue weighted by molar-refractivity contribution is 5.94. The maximum Gasteiger partial charge on any atom is 0.156 e. The fraction of sp³-hybridized carbons (Fsp3) is 0.538. The van der Waals surface area contributed by atoms with Crippen LogP contribution in [0.25, 0.3) is 0 Å². The topological polar surface area (TPSA) is 52.9 Å². The lowest BCUT2D eigenvalue weighted by molar-refractivity contribution is -0.114. The SMILES string of the molecule is CN(C)c1ccc([C@H]2C[C@]3(C)C(=NO)CC[C@H]3[C@@H]3CCC4=CC(=O)CCC4=C32)cc1. The second-order valence-corrected chi connectivity index (χ2v) is 10.1. The van der Waals surface area contributed by atoms with Crippen molar-refractivity contribution >= 4 is 17.2 Å². The predicted molar refractivity (Wildman–Crippen MR) is 120 cm³/mol. The summed E-state index contributed by atoms with van der Waals surface area (Å²) in [5.41, 5.74) is 7.88. The Morgan fingerprint density at radius 3 is 2.53 bits per heavy atom. The molecule has 4 aliphatic carbocycles. The molecule has 1 aromatic carbocycles. The second-order valence-electron chi connectivity index (χ2n) is 10.1. The molecule has 5 rings (SSSR count). The Bertz CT molecular complexity index is 969. The number of ketones is 1. The van der Waals surface area contributed by atoms with Crippen LogP contribution < -0.4 is 4.90 Å². The number of hydrogen-bond donors (Lipinski definition) is 1. The molecule has 2 saturated carbocycles. The van der Waals surface area contributed by atoms with Crippen molar-refractivity contribution in [2.75, 3.05) is 19.0 Å². The molecule has 0 saturated heterocycles. The standard InChI is InChI=1S/C26H32N2O2/c1-26-15-22(16-4-7-18(8-5-16)28(2)3)25-20-11-9-19(29)14-17(20)6-10-21(25)23(26)12-13-24(26)27-30/h4-5,7-8,14,21-23,30H,6,9-13,15H2,1-3H3/t21-,22+,23-,26-/m0/s1. The zero-order valence-electron chi connectivity index (χ0n) is 18.3. The molecule has 4 heteroatoms. The largest absolute Gasteiger partial charge is 0.411 e. The van der Waals surface area contributed by atoms with Gasteiger partial charge >= 0.3 is 0 Å². The van der Waals surface area contributed by atoms with Gasteiger partial charge in [0.05, 0.1) is 5.71 Å². The first-order valence-corrected chi connectivity index (χ1v) is 11.4. The quantitative estimate of drug-likeness (QED) is 0.524. The van der Waals surface area contributed by atoms with E-state index >= 15 is 0 Å². The molecule has 0 spiro atoms. The van der Waals surface area contributed by atoms with Crippen molar-refractivity contribution in [3.8, 4) is 0 Å². The Kier molecular flexibility index (Phi) is 4.64. The Morgan fingerprint density at radius 2 is 1.83 bits per heavy atom. The van der Waals surface area contributed by atoms with E-state index in [1.807, 2.05) is 6.08 Å². The van der Waals surface area contributed by atoms with Gasteiger partial charge in [-0.1, -0.05) is 29.8 Å².